The molecule has 0 aliphatic heterocycles. The second-order valence-corrected chi connectivity index (χ2v) is 4.66. The van der Waals surface area contributed by atoms with Crippen molar-refractivity contribution in [3.63, 3.8) is 0 Å². The molecule has 0 aliphatic carbocycles. The topological polar surface area (TPSA) is 88.1 Å². The fourth-order valence-electron chi connectivity index (χ4n) is 1.67. The van der Waals surface area contributed by atoms with Gasteiger partial charge in [0.2, 0.25) is 0 Å². The van der Waals surface area contributed by atoms with E-state index >= 15 is 0 Å². The summed E-state index contributed by atoms with van der Waals surface area (Å²) in [6.07, 6.45) is 3.19. The predicted octanol–water partition coefficient (Wildman–Crippen LogP) is 2.08. The van der Waals surface area contributed by atoms with E-state index in [1.54, 1.807) is 30.1 Å². The fraction of sp³-hybridized carbons (Fsp3) is 0.154. The van der Waals surface area contributed by atoms with Gasteiger partial charge in [-0.15, -0.1) is 0 Å². The third-order valence-electron chi connectivity index (χ3n) is 2.67. The normalized spacial score (nSPS) is 10.0. The molecule has 3 N–H and O–H groups in total. The Morgan fingerprint density at radius 1 is 1.29 bits per heavy atom. The number of benzene rings is 1. The number of rotatable bonds is 3. The van der Waals surface area contributed by atoms with Crippen LogP contribution in [0.2, 0.25) is 5.02 Å². The minimum absolute atomic E-state index is 0.247. The molecule has 7 nitrogen and oxygen atoms in total. The van der Waals surface area contributed by atoms with Gasteiger partial charge < -0.3 is 16.0 Å². The van der Waals surface area contributed by atoms with E-state index < -0.39 is 6.03 Å². The molecular weight excluding hydrogens is 294 g/mol. The Morgan fingerprint density at radius 3 is 2.62 bits per heavy atom. The summed E-state index contributed by atoms with van der Waals surface area (Å²) in [6.45, 7) is 0. The third-order valence-corrected chi connectivity index (χ3v) is 2.98. The van der Waals surface area contributed by atoms with Crippen LogP contribution in [-0.4, -0.2) is 28.8 Å². The van der Waals surface area contributed by atoms with Crippen molar-refractivity contribution in [3.05, 3.63) is 41.2 Å². The molecule has 0 fully saturated rings. The maximum Gasteiger partial charge on any atom is 0.323 e. The number of aryl methyl sites for hydroxylation is 1. The Balaban J connectivity index is 2.05. The molecule has 1 heterocycles. The Hall–Kier alpha value is -2.54. The highest BCUT2D eigenvalue weighted by Gasteiger charge is 2.10. The summed E-state index contributed by atoms with van der Waals surface area (Å²) < 4.78 is 1.57. The Morgan fingerprint density at radius 2 is 2.05 bits per heavy atom. The van der Waals surface area contributed by atoms with Gasteiger partial charge in [-0.3, -0.25) is 9.48 Å². The summed E-state index contributed by atoms with van der Waals surface area (Å²) in [7, 11) is 3.28. The zero-order valence-corrected chi connectivity index (χ0v) is 12.2. The number of anilines is 2. The Bertz CT molecular complexity index is 683. The molecule has 0 atom stereocenters. The van der Waals surface area contributed by atoms with E-state index in [1.807, 2.05) is 0 Å². The van der Waals surface area contributed by atoms with Crippen LogP contribution in [-0.2, 0) is 7.05 Å². The van der Waals surface area contributed by atoms with Crippen LogP contribution in [0.1, 0.15) is 10.4 Å². The van der Waals surface area contributed by atoms with Crippen LogP contribution in [0, 0.1) is 0 Å². The molecule has 2 rings (SSSR count). The van der Waals surface area contributed by atoms with Crippen molar-refractivity contribution in [1.29, 1.82) is 0 Å². The minimum Gasteiger partial charge on any atom is -0.355 e. The average Bonchev–Trinajstić information content (AvgIpc) is 2.85. The van der Waals surface area contributed by atoms with Gasteiger partial charge in [0.05, 0.1) is 22.6 Å². The molecule has 8 heteroatoms. The van der Waals surface area contributed by atoms with Crippen molar-refractivity contribution in [2.75, 3.05) is 17.7 Å². The summed E-state index contributed by atoms with van der Waals surface area (Å²) >= 11 is 6.04. The number of nitrogens with zero attached hydrogens (tertiary/aromatic N) is 2. The first-order chi connectivity index (χ1) is 9.99. The van der Waals surface area contributed by atoms with E-state index in [-0.39, 0.29) is 10.9 Å². The van der Waals surface area contributed by atoms with Gasteiger partial charge in [0.1, 0.15) is 0 Å². The van der Waals surface area contributed by atoms with E-state index in [2.05, 4.69) is 21.0 Å². The van der Waals surface area contributed by atoms with Crippen molar-refractivity contribution in [2.24, 2.45) is 7.05 Å². The first kappa shape index (κ1) is 14.9. The molecule has 1 aromatic carbocycles. The van der Waals surface area contributed by atoms with Crippen molar-refractivity contribution in [2.45, 2.75) is 0 Å². The minimum atomic E-state index is -0.447. The lowest BCUT2D eigenvalue weighted by molar-refractivity contribution is 0.0963. The molecule has 0 saturated carbocycles. The van der Waals surface area contributed by atoms with E-state index in [1.165, 1.54) is 19.3 Å². The van der Waals surface area contributed by atoms with Crippen LogP contribution in [0.3, 0.4) is 0 Å². The number of hydrogen-bond donors (Lipinski definition) is 3. The highest BCUT2D eigenvalue weighted by atomic mass is 35.5. The van der Waals surface area contributed by atoms with Crippen LogP contribution < -0.4 is 16.0 Å². The summed E-state index contributed by atoms with van der Waals surface area (Å²) in [6, 6.07) is 4.18. The standard InChI is InChI=1S/C13H14ClN5O2/c1-15-12(20)8-3-4-11(10(14)5-8)18-13(21)17-9-6-16-19(2)7-9/h3-7H,1-2H3,(H,15,20)(H2,17,18,21). The molecular formula is C13H14ClN5O2. The largest absolute Gasteiger partial charge is 0.355 e. The summed E-state index contributed by atoms with van der Waals surface area (Å²) in [5.74, 6) is -0.247. The van der Waals surface area contributed by atoms with E-state index in [0.717, 1.165) is 0 Å². The molecule has 0 aliphatic rings. The molecule has 1 aromatic heterocycles. The van der Waals surface area contributed by atoms with Gasteiger partial charge >= 0.3 is 6.03 Å². The maximum absolute atomic E-state index is 11.8. The quantitative estimate of drug-likeness (QED) is 0.811. The molecule has 2 aromatic rings. The number of aromatic nitrogens is 2. The zero-order valence-electron chi connectivity index (χ0n) is 11.5. The summed E-state index contributed by atoms with van der Waals surface area (Å²) in [4.78, 5) is 23.3. The number of halogens is 1. The smallest absolute Gasteiger partial charge is 0.323 e. The van der Waals surface area contributed by atoms with Gasteiger partial charge in [0, 0.05) is 25.9 Å². The van der Waals surface area contributed by atoms with Gasteiger partial charge in [-0.1, -0.05) is 11.6 Å². The average molecular weight is 308 g/mol. The van der Waals surface area contributed by atoms with Crippen molar-refractivity contribution >= 4 is 34.9 Å². The second-order valence-electron chi connectivity index (χ2n) is 4.26. The van der Waals surface area contributed by atoms with Gasteiger partial charge in [-0.05, 0) is 18.2 Å². The van der Waals surface area contributed by atoms with Crippen LogP contribution >= 0.6 is 11.6 Å². The monoisotopic (exact) mass is 307 g/mol. The lowest BCUT2D eigenvalue weighted by Crippen LogP contribution is -2.20. The molecule has 21 heavy (non-hydrogen) atoms. The fourth-order valence-corrected chi connectivity index (χ4v) is 1.90. The van der Waals surface area contributed by atoms with Crippen molar-refractivity contribution in [3.8, 4) is 0 Å². The summed E-state index contributed by atoms with van der Waals surface area (Å²) in [5.41, 5.74) is 1.39. The highest BCUT2D eigenvalue weighted by Crippen LogP contribution is 2.23. The molecule has 0 spiro atoms. The molecule has 0 bridgehead atoms. The zero-order chi connectivity index (χ0) is 15.4. The highest BCUT2D eigenvalue weighted by molar-refractivity contribution is 6.34. The SMILES string of the molecule is CNC(=O)c1ccc(NC(=O)Nc2cnn(C)c2)c(Cl)c1. The van der Waals surface area contributed by atoms with Crippen LogP contribution in [0.25, 0.3) is 0 Å². The van der Waals surface area contributed by atoms with Gasteiger partial charge in [0.15, 0.2) is 0 Å². The molecule has 0 saturated heterocycles. The van der Waals surface area contributed by atoms with E-state index in [4.69, 9.17) is 11.6 Å². The van der Waals surface area contributed by atoms with Gasteiger partial charge in [-0.25, -0.2) is 4.79 Å². The predicted molar refractivity (Wildman–Crippen MR) is 80.7 cm³/mol. The number of carbonyl (C=O) groups is 2. The number of urea groups is 1. The number of carbonyl (C=O) groups excluding carboxylic acids is 2. The Labute approximate surface area is 126 Å². The van der Waals surface area contributed by atoms with Crippen molar-refractivity contribution in [1.82, 2.24) is 15.1 Å². The second kappa shape index (κ2) is 6.27. The summed E-state index contributed by atoms with van der Waals surface area (Å²) in [5, 5.41) is 11.9. The lowest BCUT2D eigenvalue weighted by Gasteiger charge is -2.09. The maximum atomic E-state index is 11.8. The van der Waals surface area contributed by atoms with Crippen molar-refractivity contribution < 1.29 is 9.59 Å². The molecule has 3 amide bonds. The lowest BCUT2D eigenvalue weighted by atomic mass is 10.2. The molecule has 0 radical (unpaired) electrons. The van der Waals surface area contributed by atoms with Crippen LogP contribution in [0.5, 0.6) is 0 Å². The number of nitrogens with one attached hydrogen (secondary N) is 3. The third kappa shape index (κ3) is 3.73. The number of hydrogen-bond acceptors (Lipinski definition) is 3. The molecule has 0 unspecified atom stereocenters. The molecule has 110 valence electrons. The van der Waals surface area contributed by atoms with Gasteiger partial charge in [0.25, 0.3) is 5.91 Å². The van der Waals surface area contributed by atoms with Gasteiger partial charge in [-0.2, -0.15) is 5.10 Å². The van der Waals surface area contributed by atoms with E-state index in [9.17, 15) is 9.59 Å². The number of amides is 3. The first-order valence-electron chi connectivity index (χ1n) is 6.08. The first-order valence-corrected chi connectivity index (χ1v) is 6.45. The van der Waals surface area contributed by atoms with E-state index in [0.29, 0.717) is 16.9 Å². The Kier molecular flexibility index (Phi) is 4.44. The van der Waals surface area contributed by atoms with Crippen LogP contribution in [0.4, 0.5) is 16.2 Å². The van der Waals surface area contributed by atoms with Crippen LogP contribution in [0.15, 0.2) is 30.6 Å².